The fraction of sp³-hybridized carbons (Fsp3) is 0.458. The van der Waals surface area contributed by atoms with Crippen LogP contribution in [0.3, 0.4) is 0 Å². The standard InChI is InChI=1S/C24H31N3O2/c1-5-26-13-14-27(22(28)16-24(2,3)4)21(23(26)29)15-18-9-6-7-11-20(18)19-10-8-12-25-17-19/h6-12,17,21H,5,13-16H2,1-4H3. The fourth-order valence-electron chi connectivity index (χ4n) is 3.91. The molecule has 154 valence electrons. The first-order chi connectivity index (χ1) is 13.8. The highest BCUT2D eigenvalue weighted by Gasteiger charge is 2.38. The van der Waals surface area contributed by atoms with E-state index in [0.29, 0.717) is 32.5 Å². The van der Waals surface area contributed by atoms with E-state index in [1.54, 1.807) is 11.1 Å². The maximum atomic E-state index is 13.2. The normalized spacial score (nSPS) is 17.5. The lowest BCUT2D eigenvalue weighted by molar-refractivity contribution is -0.152. The van der Waals surface area contributed by atoms with E-state index in [4.69, 9.17) is 0 Å². The number of carbonyl (C=O) groups excluding carboxylic acids is 2. The molecule has 3 rings (SSSR count). The van der Waals surface area contributed by atoms with E-state index in [1.807, 2.05) is 48.4 Å². The molecule has 0 radical (unpaired) electrons. The molecule has 1 fully saturated rings. The zero-order valence-corrected chi connectivity index (χ0v) is 17.9. The zero-order chi connectivity index (χ0) is 21.0. The van der Waals surface area contributed by atoms with Gasteiger partial charge < -0.3 is 9.80 Å². The minimum atomic E-state index is -0.462. The molecule has 1 aliphatic rings. The largest absolute Gasteiger partial charge is 0.339 e. The monoisotopic (exact) mass is 393 g/mol. The van der Waals surface area contributed by atoms with Crippen molar-refractivity contribution in [3.8, 4) is 11.1 Å². The summed E-state index contributed by atoms with van der Waals surface area (Å²) in [6.07, 6.45) is 4.54. The number of piperazine rings is 1. The molecular formula is C24H31N3O2. The molecule has 1 aromatic carbocycles. The first-order valence-electron chi connectivity index (χ1n) is 10.4. The average Bonchev–Trinajstić information content (AvgIpc) is 2.69. The number of benzene rings is 1. The molecule has 0 bridgehead atoms. The molecule has 29 heavy (non-hydrogen) atoms. The molecule has 1 aliphatic heterocycles. The van der Waals surface area contributed by atoms with Gasteiger partial charge in [0.15, 0.2) is 0 Å². The van der Waals surface area contributed by atoms with Gasteiger partial charge in [-0.05, 0) is 29.5 Å². The van der Waals surface area contributed by atoms with Crippen molar-refractivity contribution in [2.45, 2.75) is 46.6 Å². The van der Waals surface area contributed by atoms with Crippen molar-refractivity contribution in [1.29, 1.82) is 0 Å². The molecule has 0 saturated carbocycles. The molecule has 1 unspecified atom stereocenters. The van der Waals surface area contributed by atoms with Crippen molar-refractivity contribution in [3.05, 3.63) is 54.4 Å². The Morgan fingerprint density at radius 2 is 1.90 bits per heavy atom. The lowest BCUT2D eigenvalue weighted by Crippen LogP contribution is -2.59. The van der Waals surface area contributed by atoms with Crippen molar-refractivity contribution in [2.75, 3.05) is 19.6 Å². The van der Waals surface area contributed by atoms with E-state index in [-0.39, 0.29) is 17.2 Å². The van der Waals surface area contributed by atoms with Gasteiger partial charge in [-0.15, -0.1) is 0 Å². The maximum absolute atomic E-state index is 13.2. The van der Waals surface area contributed by atoms with Crippen molar-refractivity contribution >= 4 is 11.8 Å². The van der Waals surface area contributed by atoms with E-state index in [1.165, 1.54) is 0 Å². The number of amides is 2. The highest BCUT2D eigenvalue weighted by molar-refractivity contribution is 5.89. The van der Waals surface area contributed by atoms with E-state index in [0.717, 1.165) is 16.7 Å². The maximum Gasteiger partial charge on any atom is 0.245 e. The predicted octanol–water partition coefficient (Wildman–Crippen LogP) is 3.79. The molecule has 0 N–H and O–H groups in total. The van der Waals surface area contributed by atoms with Crippen molar-refractivity contribution < 1.29 is 9.59 Å². The average molecular weight is 394 g/mol. The SMILES string of the molecule is CCN1CCN(C(=O)CC(C)(C)C)C(Cc2ccccc2-c2cccnc2)C1=O. The highest BCUT2D eigenvalue weighted by atomic mass is 16.2. The summed E-state index contributed by atoms with van der Waals surface area (Å²) >= 11 is 0. The molecular weight excluding hydrogens is 362 g/mol. The minimum Gasteiger partial charge on any atom is -0.339 e. The van der Waals surface area contributed by atoms with Gasteiger partial charge >= 0.3 is 0 Å². The Hall–Kier alpha value is -2.69. The van der Waals surface area contributed by atoms with Gasteiger partial charge in [0.1, 0.15) is 6.04 Å². The quantitative estimate of drug-likeness (QED) is 0.777. The summed E-state index contributed by atoms with van der Waals surface area (Å²) in [7, 11) is 0. The summed E-state index contributed by atoms with van der Waals surface area (Å²) in [6, 6.07) is 11.6. The van der Waals surface area contributed by atoms with Crippen LogP contribution in [-0.2, 0) is 16.0 Å². The lowest BCUT2D eigenvalue weighted by atomic mass is 9.90. The first kappa shape index (κ1) is 21.0. The summed E-state index contributed by atoms with van der Waals surface area (Å²) in [6.45, 7) is 10.0. The third-order valence-corrected chi connectivity index (χ3v) is 5.37. The third kappa shape index (κ3) is 5.03. The van der Waals surface area contributed by atoms with Crippen LogP contribution in [-0.4, -0.2) is 52.3 Å². The number of aromatic nitrogens is 1. The van der Waals surface area contributed by atoms with Crippen LogP contribution in [0.5, 0.6) is 0 Å². The molecule has 1 saturated heterocycles. The van der Waals surface area contributed by atoms with Crippen LogP contribution < -0.4 is 0 Å². The highest BCUT2D eigenvalue weighted by Crippen LogP contribution is 2.28. The van der Waals surface area contributed by atoms with E-state index >= 15 is 0 Å². The second-order valence-corrected chi connectivity index (χ2v) is 8.86. The van der Waals surface area contributed by atoms with Crippen LogP contribution in [0.2, 0.25) is 0 Å². The van der Waals surface area contributed by atoms with E-state index in [2.05, 4.69) is 31.8 Å². The number of rotatable bonds is 5. The summed E-state index contributed by atoms with van der Waals surface area (Å²) in [4.78, 5) is 34.2. The zero-order valence-electron chi connectivity index (χ0n) is 17.9. The van der Waals surface area contributed by atoms with Crippen LogP contribution in [0.25, 0.3) is 11.1 Å². The van der Waals surface area contributed by atoms with Crippen LogP contribution in [0, 0.1) is 5.41 Å². The Balaban J connectivity index is 1.93. The fourth-order valence-corrected chi connectivity index (χ4v) is 3.91. The molecule has 2 amide bonds. The van der Waals surface area contributed by atoms with E-state index in [9.17, 15) is 9.59 Å². The van der Waals surface area contributed by atoms with Gasteiger partial charge in [0, 0.05) is 50.4 Å². The summed E-state index contributed by atoms with van der Waals surface area (Å²) in [5.41, 5.74) is 3.03. The molecule has 5 nitrogen and oxygen atoms in total. The topological polar surface area (TPSA) is 53.5 Å². The van der Waals surface area contributed by atoms with Crippen LogP contribution in [0.1, 0.15) is 39.7 Å². The van der Waals surface area contributed by atoms with Crippen LogP contribution in [0.15, 0.2) is 48.8 Å². The van der Waals surface area contributed by atoms with Crippen LogP contribution >= 0.6 is 0 Å². The van der Waals surface area contributed by atoms with Gasteiger partial charge in [0.2, 0.25) is 11.8 Å². The number of hydrogen-bond acceptors (Lipinski definition) is 3. The molecule has 2 aromatic rings. The first-order valence-corrected chi connectivity index (χ1v) is 10.4. The second kappa shape index (κ2) is 8.76. The Morgan fingerprint density at radius 1 is 1.14 bits per heavy atom. The Bertz CT molecular complexity index is 858. The molecule has 2 heterocycles. The Labute approximate surface area is 173 Å². The van der Waals surface area contributed by atoms with Gasteiger partial charge in [-0.25, -0.2) is 0 Å². The summed E-state index contributed by atoms with van der Waals surface area (Å²) in [5.74, 6) is 0.104. The third-order valence-electron chi connectivity index (χ3n) is 5.37. The summed E-state index contributed by atoms with van der Waals surface area (Å²) in [5, 5.41) is 0. The van der Waals surface area contributed by atoms with Crippen LogP contribution in [0.4, 0.5) is 0 Å². The number of hydrogen-bond donors (Lipinski definition) is 0. The number of carbonyl (C=O) groups is 2. The number of nitrogens with zero attached hydrogens (tertiary/aromatic N) is 3. The van der Waals surface area contributed by atoms with Crippen molar-refractivity contribution in [1.82, 2.24) is 14.8 Å². The van der Waals surface area contributed by atoms with Gasteiger partial charge in [-0.1, -0.05) is 51.1 Å². The molecule has 5 heteroatoms. The molecule has 1 atom stereocenters. The van der Waals surface area contributed by atoms with Gasteiger partial charge in [0.05, 0.1) is 0 Å². The molecule has 1 aromatic heterocycles. The number of pyridine rings is 1. The summed E-state index contributed by atoms with van der Waals surface area (Å²) < 4.78 is 0. The predicted molar refractivity (Wildman–Crippen MR) is 115 cm³/mol. The molecule has 0 aliphatic carbocycles. The van der Waals surface area contributed by atoms with Crippen molar-refractivity contribution in [2.24, 2.45) is 5.41 Å². The molecule has 0 spiro atoms. The van der Waals surface area contributed by atoms with Gasteiger partial charge in [-0.2, -0.15) is 0 Å². The Kier molecular flexibility index (Phi) is 6.36. The Morgan fingerprint density at radius 3 is 2.55 bits per heavy atom. The smallest absolute Gasteiger partial charge is 0.245 e. The minimum absolute atomic E-state index is 0.0435. The second-order valence-electron chi connectivity index (χ2n) is 8.86. The van der Waals surface area contributed by atoms with Gasteiger partial charge in [-0.3, -0.25) is 14.6 Å². The lowest BCUT2D eigenvalue weighted by Gasteiger charge is -2.41. The van der Waals surface area contributed by atoms with Crippen molar-refractivity contribution in [3.63, 3.8) is 0 Å². The van der Waals surface area contributed by atoms with Gasteiger partial charge in [0.25, 0.3) is 0 Å². The van der Waals surface area contributed by atoms with E-state index < -0.39 is 6.04 Å². The number of likely N-dealkylation sites (N-methyl/N-ethyl adjacent to an activating group) is 1.